The third-order valence-corrected chi connectivity index (χ3v) is 5.44. The van der Waals surface area contributed by atoms with Crippen LogP contribution in [0.3, 0.4) is 0 Å². The lowest BCUT2D eigenvalue weighted by molar-refractivity contribution is 0.102. The molecule has 1 N–H and O–H groups in total. The Morgan fingerprint density at radius 1 is 1.36 bits per heavy atom. The minimum Gasteiger partial charge on any atom is -0.322 e. The molecule has 0 bridgehead atoms. The molecule has 0 aliphatic heterocycles. The average molecular weight is 400 g/mol. The first-order valence-corrected chi connectivity index (χ1v) is 9.89. The van der Waals surface area contributed by atoms with Gasteiger partial charge in [0.1, 0.15) is 6.33 Å². The van der Waals surface area contributed by atoms with Gasteiger partial charge in [-0.15, -0.1) is 10.2 Å². The van der Waals surface area contributed by atoms with Crippen molar-refractivity contribution >= 4 is 23.4 Å². The highest BCUT2D eigenvalue weighted by atomic mass is 32.2. The fourth-order valence-electron chi connectivity index (χ4n) is 2.58. The summed E-state index contributed by atoms with van der Waals surface area (Å²) < 4.78 is 3.67. The van der Waals surface area contributed by atoms with Gasteiger partial charge in [0.2, 0.25) is 0 Å². The second-order valence-electron chi connectivity index (χ2n) is 6.86. The van der Waals surface area contributed by atoms with Crippen LogP contribution in [0.4, 0.5) is 5.69 Å². The number of hydrogen-bond acceptors (Lipinski definition) is 6. The fraction of sp³-hybridized carbons (Fsp3) is 0.368. The molecule has 0 aliphatic carbocycles. The first kappa shape index (κ1) is 20.1. The smallest absolute Gasteiger partial charge is 0.258 e. The van der Waals surface area contributed by atoms with Crippen LogP contribution in [0.2, 0.25) is 0 Å². The fourth-order valence-corrected chi connectivity index (χ4v) is 3.49. The van der Waals surface area contributed by atoms with Crippen LogP contribution in [0.1, 0.15) is 28.1 Å². The van der Waals surface area contributed by atoms with E-state index < -0.39 is 0 Å². The zero-order valence-electron chi connectivity index (χ0n) is 16.5. The van der Waals surface area contributed by atoms with Gasteiger partial charge in [0.05, 0.1) is 18.3 Å². The Morgan fingerprint density at radius 2 is 2.18 bits per heavy atom. The number of benzene rings is 1. The van der Waals surface area contributed by atoms with Gasteiger partial charge < -0.3 is 14.8 Å². The van der Waals surface area contributed by atoms with Crippen molar-refractivity contribution in [3.8, 4) is 0 Å². The maximum Gasteiger partial charge on any atom is 0.258 e. The summed E-state index contributed by atoms with van der Waals surface area (Å²) in [5, 5.41) is 16.3. The molecule has 8 nitrogen and oxygen atoms in total. The molecular formula is C19H25N7OS. The van der Waals surface area contributed by atoms with Crippen LogP contribution < -0.4 is 5.32 Å². The minimum atomic E-state index is -0.165. The minimum absolute atomic E-state index is 0.165. The maximum atomic E-state index is 12.5. The monoisotopic (exact) mass is 399 g/mol. The van der Waals surface area contributed by atoms with Crippen molar-refractivity contribution < 1.29 is 4.79 Å². The van der Waals surface area contributed by atoms with Crippen LogP contribution in [-0.2, 0) is 13.6 Å². The van der Waals surface area contributed by atoms with Gasteiger partial charge >= 0.3 is 0 Å². The molecule has 2 heterocycles. The molecule has 28 heavy (non-hydrogen) atoms. The van der Waals surface area contributed by atoms with Crippen molar-refractivity contribution in [2.45, 2.75) is 23.9 Å². The van der Waals surface area contributed by atoms with E-state index in [-0.39, 0.29) is 11.2 Å². The second kappa shape index (κ2) is 9.03. The van der Waals surface area contributed by atoms with Gasteiger partial charge in [-0.1, -0.05) is 23.9 Å². The third-order valence-electron chi connectivity index (χ3n) is 4.24. The van der Waals surface area contributed by atoms with E-state index in [2.05, 4.69) is 32.4 Å². The average Bonchev–Trinajstić information content (AvgIpc) is 3.30. The summed E-state index contributed by atoms with van der Waals surface area (Å²) >= 11 is 1.62. The number of rotatable bonds is 8. The molecule has 1 atom stereocenters. The summed E-state index contributed by atoms with van der Waals surface area (Å²) in [7, 11) is 5.94. The first-order valence-electron chi connectivity index (χ1n) is 9.01. The van der Waals surface area contributed by atoms with Crippen molar-refractivity contribution in [3.05, 3.63) is 54.1 Å². The van der Waals surface area contributed by atoms with Gasteiger partial charge in [0, 0.05) is 30.7 Å². The van der Waals surface area contributed by atoms with Crippen molar-refractivity contribution in [3.63, 3.8) is 0 Å². The zero-order chi connectivity index (χ0) is 20.1. The summed E-state index contributed by atoms with van der Waals surface area (Å²) in [6.07, 6.45) is 5.06. The molecule has 3 aromatic rings. The first-order chi connectivity index (χ1) is 13.4. The van der Waals surface area contributed by atoms with Crippen molar-refractivity contribution in [2.24, 2.45) is 7.05 Å². The van der Waals surface area contributed by atoms with Crippen LogP contribution in [0, 0.1) is 0 Å². The topological polar surface area (TPSA) is 80.9 Å². The van der Waals surface area contributed by atoms with E-state index in [1.807, 2.05) is 50.0 Å². The predicted octanol–water partition coefficient (Wildman–Crippen LogP) is 2.68. The van der Waals surface area contributed by atoms with E-state index in [4.69, 9.17) is 0 Å². The van der Waals surface area contributed by atoms with E-state index in [1.165, 1.54) is 0 Å². The number of nitrogens with zero attached hydrogens (tertiary/aromatic N) is 6. The largest absolute Gasteiger partial charge is 0.322 e. The summed E-state index contributed by atoms with van der Waals surface area (Å²) in [6.45, 7) is 3.72. The number of nitrogens with one attached hydrogen (secondary N) is 1. The summed E-state index contributed by atoms with van der Waals surface area (Å²) in [6, 6.07) is 7.86. The Labute approximate surface area is 168 Å². The molecule has 0 saturated carbocycles. The highest BCUT2D eigenvalue weighted by Gasteiger charge is 2.13. The highest BCUT2D eigenvalue weighted by Crippen LogP contribution is 2.34. The van der Waals surface area contributed by atoms with Crippen LogP contribution in [0.5, 0.6) is 0 Å². The van der Waals surface area contributed by atoms with Gasteiger partial charge in [-0.2, -0.15) is 5.10 Å². The normalized spacial score (nSPS) is 12.3. The number of anilines is 1. The number of carbonyl (C=O) groups is 1. The molecule has 9 heteroatoms. The standard InChI is InChI=1S/C19H25N7OS/c1-14(28-19-23-20-13-25(19)4)15-6-5-7-17(10-15)22-18(27)16-11-21-26(12-16)9-8-24(2)3/h5-7,10-14H,8-9H2,1-4H3,(H,22,27). The lowest BCUT2D eigenvalue weighted by Crippen LogP contribution is -2.18. The van der Waals surface area contributed by atoms with Gasteiger partial charge in [-0.25, -0.2) is 0 Å². The lowest BCUT2D eigenvalue weighted by atomic mass is 10.1. The van der Waals surface area contributed by atoms with E-state index in [0.29, 0.717) is 5.56 Å². The molecule has 0 fully saturated rings. The Kier molecular flexibility index (Phi) is 6.48. The molecule has 3 rings (SSSR count). The molecule has 2 aromatic heterocycles. The number of likely N-dealkylation sites (N-methyl/N-ethyl adjacent to an activating group) is 1. The van der Waals surface area contributed by atoms with Crippen LogP contribution in [0.15, 0.2) is 48.1 Å². The zero-order valence-corrected chi connectivity index (χ0v) is 17.3. The number of thioether (sulfide) groups is 1. The molecule has 0 saturated heterocycles. The van der Waals surface area contributed by atoms with Crippen molar-refractivity contribution in [2.75, 3.05) is 26.0 Å². The van der Waals surface area contributed by atoms with Crippen LogP contribution in [-0.4, -0.2) is 56.0 Å². The second-order valence-corrected chi connectivity index (χ2v) is 8.17. The van der Waals surface area contributed by atoms with E-state index in [1.54, 1.807) is 35.2 Å². The summed E-state index contributed by atoms with van der Waals surface area (Å²) in [5.74, 6) is -0.165. The molecule has 1 unspecified atom stereocenters. The number of amides is 1. The molecule has 0 radical (unpaired) electrons. The number of carbonyl (C=O) groups excluding carboxylic acids is 1. The molecular weight excluding hydrogens is 374 g/mol. The molecule has 148 valence electrons. The molecule has 0 aliphatic rings. The molecule has 1 amide bonds. The molecule has 0 spiro atoms. The van der Waals surface area contributed by atoms with Gasteiger partial charge in [-0.05, 0) is 38.7 Å². The highest BCUT2D eigenvalue weighted by molar-refractivity contribution is 7.99. The van der Waals surface area contributed by atoms with Crippen LogP contribution in [0.25, 0.3) is 0 Å². The Hall–Kier alpha value is -2.65. The van der Waals surface area contributed by atoms with Gasteiger partial charge in [-0.3, -0.25) is 9.48 Å². The quantitative estimate of drug-likeness (QED) is 0.587. The van der Waals surface area contributed by atoms with E-state index >= 15 is 0 Å². The van der Waals surface area contributed by atoms with E-state index in [0.717, 1.165) is 29.5 Å². The predicted molar refractivity (Wildman–Crippen MR) is 110 cm³/mol. The van der Waals surface area contributed by atoms with E-state index in [9.17, 15) is 4.79 Å². The van der Waals surface area contributed by atoms with Crippen LogP contribution >= 0.6 is 11.8 Å². The Morgan fingerprint density at radius 3 is 2.89 bits per heavy atom. The number of hydrogen-bond donors (Lipinski definition) is 1. The Balaban J connectivity index is 1.64. The van der Waals surface area contributed by atoms with Gasteiger partial charge in [0.25, 0.3) is 5.91 Å². The van der Waals surface area contributed by atoms with Crippen molar-refractivity contribution in [1.29, 1.82) is 0 Å². The maximum absolute atomic E-state index is 12.5. The SMILES string of the molecule is CC(Sc1nncn1C)c1cccc(NC(=O)c2cnn(CCN(C)C)c2)c1. The Bertz CT molecular complexity index is 934. The van der Waals surface area contributed by atoms with Gasteiger partial charge in [0.15, 0.2) is 5.16 Å². The third kappa shape index (κ3) is 5.20. The number of aryl methyl sites for hydroxylation is 1. The summed E-state index contributed by atoms with van der Waals surface area (Å²) in [4.78, 5) is 14.6. The summed E-state index contributed by atoms with van der Waals surface area (Å²) in [5.41, 5.74) is 2.41. The lowest BCUT2D eigenvalue weighted by Gasteiger charge is -2.12. The molecule has 1 aromatic carbocycles. The number of aromatic nitrogens is 5. The van der Waals surface area contributed by atoms with Crippen molar-refractivity contribution in [1.82, 2.24) is 29.4 Å².